The molecule has 2 aromatic rings. The van der Waals surface area contributed by atoms with Crippen LogP contribution in [0.1, 0.15) is 0 Å². The van der Waals surface area contributed by atoms with Crippen molar-refractivity contribution in [3.63, 3.8) is 0 Å². The Bertz CT molecular complexity index is 563. The van der Waals surface area contributed by atoms with Gasteiger partial charge < -0.3 is 0 Å². The zero-order valence-corrected chi connectivity index (χ0v) is 12.3. The summed E-state index contributed by atoms with van der Waals surface area (Å²) < 4.78 is 0.837. The van der Waals surface area contributed by atoms with Gasteiger partial charge in [-0.1, -0.05) is 44.9 Å². The van der Waals surface area contributed by atoms with Gasteiger partial charge in [0.15, 0.2) is 0 Å². The van der Waals surface area contributed by atoms with Crippen molar-refractivity contribution in [1.29, 1.82) is 0 Å². The van der Waals surface area contributed by atoms with Crippen LogP contribution >= 0.6 is 37.5 Å². The van der Waals surface area contributed by atoms with Crippen molar-refractivity contribution in [2.45, 2.75) is 9.79 Å². The summed E-state index contributed by atoms with van der Waals surface area (Å²) in [6, 6.07) is 14.7. The Hall–Kier alpha value is -0.980. The maximum atomic E-state index is 10.9. The van der Waals surface area contributed by atoms with E-state index in [9.17, 15) is 10.1 Å². The lowest BCUT2D eigenvalue weighted by Gasteiger charge is -2.03. The summed E-state index contributed by atoms with van der Waals surface area (Å²) in [6.07, 6.45) is 0. The van der Waals surface area contributed by atoms with Gasteiger partial charge in [-0.3, -0.25) is 10.1 Å². The maximum Gasteiger partial charge on any atom is 0.283 e. The maximum absolute atomic E-state index is 10.9. The van der Waals surface area contributed by atoms with Crippen molar-refractivity contribution < 1.29 is 4.92 Å². The number of nitrogens with zero attached hydrogens (tertiary/aromatic N) is 1. The minimum Gasteiger partial charge on any atom is -0.258 e. The fraction of sp³-hybridized carbons (Fsp3) is 0. The van der Waals surface area contributed by atoms with Crippen molar-refractivity contribution in [3.8, 4) is 0 Å². The summed E-state index contributed by atoms with van der Waals surface area (Å²) >= 11 is 3.33. The molecular weight excluding hydrogens is 334 g/mol. The molecule has 0 radical (unpaired) electrons. The van der Waals surface area contributed by atoms with Gasteiger partial charge in [-0.05, 0) is 35.1 Å². The third-order valence-corrected chi connectivity index (χ3v) is 5.00. The summed E-state index contributed by atoms with van der Waals surface area (Å²) in [7, 11) is 2.89. The molecule has 2 aromatic carbocycles. The molecule has 18 heavy (non-hydrogen) atoms. The summed E-state index contributed by atoms with van der Waals surface area (Å²) in [6.45, 7) is 0. The van der Waals surface area contributed by atoms with Crippen LogP contribution in [0.15, 0.2) is 62.8 Å². The zero-order chi connectivity index (χ0) is 13.0. The molecule has 0 heterocycles. The van der Waals surface area contributed by atoms with E-state index < -0.39 is 0 Å². The Morgan fingerprint density at radius 2 is 1.78 bits per heavy atom. The summed E-state index contributed by atoms with van der Waals surface area (Å²) in [5, 5.41) is 10.9. The molecular formula is C12H8BrNO2S2. The van der Waals surface area contributed by atoms with Gasteiger partial charge in [-0.15, -0.1) is 0 Å². The van der Waals surface area contributed by atoms with E-state index in [-0.39, 0.29) is 10.6 Å². The van der Waals surface area contributed by atoms with Gasteiger partial charge in [0, 0.05) is 15.4 Å². The number of hydrogen-bond donors (Lipinski definition) is 0. The van der Waals surface area contributed by atoms with Crippen molar-refractivity contribution in [1.82, 2.24) is 0 Å². The smallest absolute Gasteiger partial charge is 0.258 e. The van der Waals surface area contributed by atoms with Gasteiger partial charge in [0.25, 0.3) is 5.69 Å². The van der Waals surface area contributed by atoms with Crippen molar-refractivity contribution >= 4 is 43.2 Å². The second-order valence-corrected chi connectivity index (χ2v) is 6.51. The number of nitro groups is 1. The molecule has 0 atom stereocenters. The van der Waals surface area contributed by atoms with Gasteiger partial charge >= 0.3 is 0 Å². The molecule has 0 saturated heterocycles. The predicted molar refractivity (Wildman–Crippen MR) is 79.0 cm³/mol. The fourth-order valence-electron chi connectivity index (χ4n) is 1.27. The summed E-state index contributed by atoms with van der Waals surface area (Å²) in [4.78, 5) is 12.3. The van der Waals surface area contributed by atoms with E-state index in [0.717, 1.165) is 9.37 Å². The van der Waals surface area contributed by atoms with Crippen LogP contribution in [0.4, 0.5) is 5.69 Å². The number of benzene rings is 2. The molecule has 0 unspecified atom stereocenters. The normalized spacial score (nSPS) is 10.3. The highest BCUT2D eigenvalue weighted by molar-refractivity contribution is 9.10. The first-order valence-corrected chi connectivity index (χ1v) is 7.94. The molecule has 0 aromatic heterocycles. The third kappa shape index (κ3) is 3.51. The molecule has 92 valence electrons. The van der Waals surface area contributed by atoms with Crippen LogP contribution in [0.3, 0.4) is 0 Å². The molecule has 0 aliphatic rings. The van der Waals surface area contributed by atoms with Gasteiger partial charge in [-0.2, -0.15) is 0 Å². The third-order valence-electron chi connectivity index (χ3n) is 2.09. The van der Waals surface area contributed by atoms with Crippen LogP contribution in [-0.4, -0.2) is 4.92 Å². The fourth-order valence-corrected chi connectivity index (χ4v) is 3.94. The molecule has 0 N–H and O–H groups in total. The number of nitro benzene ring substituents is 1. The zero-order valence-electron chi connectivity index (χ0n) is 9.08. The summed E-state index contributed by atoms with van der Waals surface area (Å²) in [5.41, 5.74) is 0.131. The van der Waals surface area contributed by atoms with Crippen LogP contribution in [0.25, 0.3) is 0 Å². The van der Waals surface area contributed by atoms with Crippen LogP contribution in [-0.2, 0) is 0 Å². The Morgan fingerprint density at radius 3 is 2.44 bits per heavy atom. The molecule has 0 bridgehead atoms. The largest absolute Gasteiger partial charge is 0.283 e. The lowest BCUT2D eigenvalue weighted by atomic mass is 10.3. The predicted octanol–water partition coefficient (Wildman–Crippen LogP) is 5.16. The van der Waals surface area contributed by atoms with E-state index in [1.165, 1.54) is 27.7 Å². The van der Waals surface area contributed by atoms with E-state index >= 15 is 0 Å². The standard InChI is InChI=1S/C12H8BrNO2S2/c13-9-6-7-11(14(15)16)12(8-9)18-17-10-4-2-1-3-5-10/h1-8H. The Morgan fingerprint density at radius 1 is 1.06 bits per heavy atom. The second kappa shape index (κ2) is 6.26. The quantitative estimate of drug-likeness (QED) is 0.437. The Labute approximate surface area is 121 Å². The second-order valence-electron chi connectivity index (χ2n) is 3.35. The van der Waals surface area contributed by atoms with E-state index in [1.54, 1.807) is 12.1 Å². The number of hydrogen-bond acceptors (Lipinski definition) is 4. The monoisotopic (exact) mass is 341 g/mol. The van der Waals surface area contributed by atoms with Crippen LogP contribution in [0.2, 0.25) is 0 Å². The van der Waals surface area contributed by atoms with E-state index in [1.807, 2.05) is 30.3 Å². The lowest BCUT2D eigenvalue weighted by molar-refractivity contribution is -0.387. The van der Waals surface area contributed by atoms with Crippen LogP contribution in [0, 0.1) is 10.1 Å². The van der Waals surface area contributed by atoms with Crippen molar-refractivity contribution in [2.75, 3.05) is 0 Å². The first kappa shape index (κ1) is 13.5. The lowest BCUT2D eigenvalue weighted by Crippen LogP contribution is -1.89. The molecule has 0 aliphatic carbocycles. The average Bonchev–Trinajstić information content (AvgIpc) is 2.37. The minimum absolute atomic E-state index is 0.131. The highest BCUT2D eigenvalue weighted by Gasteiger charge is 2.14. The Kier molecular flexibility index (Phi) is 4.68. The van der Waals surface area contributed by atoms with Crippen LogP contribution < -0.4 is 0 Å². The highest BCUT2D eigenvalue weighted by Crippen LogP contribution is 2.42. The molecule has 3 nitrogen and oxygen atoms in total. The van der Waals surface area contributed by atoms with Crippen molar-refractivity contribution in [2.24, 2.45) is 0 Å². The van der Waals surface area contributed by atoms with E-state index in [2.05, 4.69) is 15.9 Å². The molecule has 2 rings (SSSR count). The van der Waals surface area contributed by atoms with E-state index in [0.29, 0.717) is 4.90 Å². The summed E-state index contributed by atoms with van der Waals surface area (Å²) in [5.74, 6) is 0. The van der Waals surface area contributed by atoms with Crippen LogP contribution in [0.5, 0.6) is 0 Å². The molecule has 0 amide bonds. The minimum atomic E-state index is -0.361. The molecule has 0 spiro atoms. The van der Waals surface area contributed by atoms with Crippen molar-refractivity contribution in [3.05, 3.63) is 63.1 Å². The SMILES string of the molecule is O=[N+]([O-])c1ccc(Br)cc1SSc1ccccc1. The highest BCUT2D eigenvalue weighted by atomic mass is 79.9. The Balaban J connectivity index is 2.18. The van der Waals surface area contributed by atoms with Gasteiger partial charge in [0.2, 0.25) is 0 Å². The first-order valence-electron chi connectivity index (χ1n) is 5.00. The van der Waals surface area contributed by atoms with Gasteiger partial charge in [-0.25, -0.2) is 0 Å². The molecule has 6 heteroatoms. The first-order chi connectivity index (χ1) is 8.66. The molecule has 0 fully saturated rings. The molecule has 0 saturated carbocycles. The number of rotatable bonds is 4. The van der Waals surface area contributed by atoms with Gasteiger partial charge in [0.05, 0.1) is 9.82 Å². The topological polar surface area (TPSA) is 43.1 Å². The average molecular weight is 342 g/mol. The molecule has 0 aliphatic heterocycles. The van der Waals surface area contributed by atoms with Gasteiger partial charge in [0.1, 0.15) is 0 Å². The number of halogens is 1. The van der Waals surface area contributed by atoms with E-state index in [4.69, 9.17) is 0 Å².